The van der Waals surface area contributed by atoms with E-state index in [2.05, 4.69) is 10.4 Å². The van der Waals surface area contributed by atoms with Crippen LogP contribution >= 0.6 is 23.2 Å². The third-order valence-electron chi connectivity index (χ3n) is 4.48. The highest BCUT2D eigenvalue weighted by Gasteiger charge is 2.20. The van der Waals surface area contributed by atoms with Crippen molar-refractivity contribution in [2.24, 2.45) is 0 Å². The van der Waals surface area contributed by atoms with E-state index >= 15 is 0 Å². The van der Waals surface area contributed by atoms with Gasteiger partial charge in [-0.15, -0.1) is 0 Å². The molecule has 158 valence electrons. The summed E-state index contributed by atoms with van der Waals surface area (Å²) in [4.78, 5) is 48.5. The van der Waals surface area contributed by atoms with Crippen molar-refractivity contribution in [1.82, 2.24) is 20.1 Å². The monoisotopic (exact) mass is 462 g/mol. The van der Waals surface area contributed by atoms with Gasteiger partial charge in [-0.2, -0.15) is 9.78 Å². The Bertz CT molecular complexity index is 1340. The van der Waals surface area contributed by atoms with Gasteiger partial charge in [0.05, 0.1) is 15.7 Å². The third kappa shape index (κ3) is 3.90. The molecular weight excluding hydrogens is 451 g/mol. The summed E-state index contributed by atoms with van der Waals surface area (Å²) in [5, 5.41) is 15.4. The number of aromatic amines is 1. The highest BCUT2D eigenvalue weighted by Crippen LogP contribution is 2.38. The first-order valence-corrected chi connectivity index (χ1v) is 9.55. The van der Waals surface area contributed by atoms with Gasteiger partial charge in [-0.05, 0) is 42.3 Å². The SMILES string of the molecule is O=C1NCCc2cc(Oc3c(Cl)cc(-n4nc(C(=O)O)c(=O)[nH]c4=O)cc3Cl)ccc21. The molecule has 1 amide bonds. The van der Waals surface area contributed by atoms with Crippen molar-refractivity contribution < 1.29 is 19.4 Å². The summed E-state index contributed by atoms with van der Waals surface area (Å²) >= 11 is 12.6. The van der Waals surface area contributed by atoms with Crippen molar-refractivity contribution in [3.8, 4) is 17.2 Å². The fraction of sp³-hybridized carbons (Fsp3) is 0.105. The average Bonchev–Trinajstić information content (AvgIpc) is 2.70. The van der Waals surface area contributed by atoms with Crippen molar-refractivity contribution in [3.05, 3.63) is 78.0 Å². The van der Waals surface area contributed by atoms with Crippen LogP contribution < -0.4 is 21.3 Å². The lowest BCUT2D eigenvalue weighted by atomic mass is 10.0. The third-order valence-corrected chi connectivity index (χ3v) is 5.04. The first kappa shape index (κ1) is 20.6. The van der Waals surface area contributed by atoms with E-state index in [9.17, 15) is 19.2 Å². The predicted molar refractivity (Wildman–Crippen MR) is 110 cm³/mol. The summed E-state index contributed by atoms with van der Waals surface area (Å²) in [7, 11) is 0. The minimum Gasteiger partial charge on any atom is -0.476 e. The number of H-pyrrole nitrogens is 1. The fourth-order valence-electron chi connectivity index (χ4n) is 3.07. The Morgan fingerprint density at radius 1 is 1.13 bits per heavy atom. The van der Waals surface area contributed by atoms with Crippen LogP contribution in [-0.2, 0) is 6.42 Å². The van der Waals surface area contributed by atoms with Gasteiger partial charge < -0.3 is 15.2 Å². The highest BCUT2D eigenvalue weighted by molar-refractivity contribution is 6.37. The molecule has 3 aromatic rings. The number of rotatable bonds is 4. The van der Waals surface area contributed by atoms with E-state index in [1.807, 2.05) is 4.98 Å². The van der Waals surface area contributed by atoms with E-state index in [-0.39, 0.29) is 27.4 Å². The molecule has 3 N–H and O–H groups in total. The molecule has 12 heteroatoms. The van der Waals surface area contributed by atoms with Gasteiger partial charge in [0.15, 0.2) is 5.75 Å². The summed E-state index contributed by atoms with van der Waals surface area (Å²) in [5.74, 6) is -1.28. The van der Waals surface area contributed by atoms with Crippen LogP contribution in [-0.4, -0.2) is 38.3 Å². The quantitative estimate of drug-likeness (QED) is 0.537. The van der Waals surface area contributed by atoms with E-state index in [0.717, 1.165) is 5.56 Å². The van der Waals surface area contributed by atoms with Crippen molar-refractivity contribution >= 4 is 35.1 Å². The molecule has 1 aliphatic heterocycles. The van der Waals surface area contributed by atoms with Gasteiger partial charge in [-0.25, -0.2) is 9.59 Å². The number of carboxylic acids is 1. The Kier molecular flexibility index (Phi) is 5.25. The van der Waals surface area contributed by atoms with E-state index in [0.29, 0.717) is 29.0 Å². The molecule has 0 bridgehead atoms. The lowest BCUT2D eigenvalue weighted by Crippen LogP contribution is -2.35. The molecule has 1 aromatic heterocycles. The molecule has 0 spiro atoms. The molecule has 2 heterocycles. The normalized spacial score (nSPS) is 12.8. The largest absolute Gasteiger partial charge is 0.476 e. The first-order chi connectivity index (χ1) is 14.7. The molecule has 31 heavy (non-hydrogen) atoms. The molecule has 0 atom stereocenters. The summed E-state index contributed by atoms with van der Waals surface area (Å²) < 4.78 is 6.44. The Hall–Kier alpha value is -3.63. The molecule has 0 fully saturated rings. The fourth-order valence-corrected chi connectivity index (χ4v) is 3.62. The average molecular weight is 463 g/mol. The zero-order chi connectivity index (χ0) is 22.3. The molecule has 0 unspecified atom stereocenters. The topological polar surface area (TPSA) is 143 Å². The Balaban J connectivity index is 1.72. The van der Waals surface area contributed by atoms with Crippen LogP contribution in [0.5, 0.6) is 11.5 Å². The maximum atomic E-state index is 12.1. The molecule has 0 aliphatic carbocycles. The number of carbonyl (C=O) groups is 2. The highest BCUT2D eigenvalue weighted by atomic mass is 35.5. The van der Waals surface area contributed by atoms with Crippen LogP contribution in [0.2, 0.25) is 10.0 Å². The maximum Gasteiger partial charge on any atom is 0.362 e. The number of hydrogen-bond acceptors (Lipinski definition) is 6. The number of nitrogens with zero attached hydrogens (tertiary/aromatic N) is 2. The Morgan fingerprint density at radius 3 is 2.52 bits per heavy atom. The summed E-state index contributed by atoms with van der Waals surface area (Å²) in [6.07, 6.45) is 0.644. The number of hydrogen-bond donors (Lipinski definition) is 3. The Morgan fingerprint density at radius 2 is 1.84 bits per heavy atom. The van der Waals surface area contributed by atoms with Gasteiger partial charge in [-0.3, -0.25) is 14.6 Å². The maximum absolute atomic E-state index is 12.1. The number of benzene rings is 2. The first-order valence-electron chi connectivity index (χ1n) is 8.80. The summed E-state index contributed by atoms with van der Waals surface area (Å²) in [6.45, 7) is 0.519. The number of carbonyl (C=O) groups excluding carboxylic acids is 1. The summed E-state index contributed by atoms with van der Waals surface area (Å²) in [5.41, 5.74) is -1.58. The predicted octanol–water partition coefficient (Wildman–Crippen LogP) is 2.00. The van der Waals surface area contributed by atoms with Gasteiger partial charge >= 0.3 is 11.7 Å². The van der Waals surface area contributed by atoms with Gasteiger partial charge in [0.25, 0.3) is 11.5 Å². The molecular formula is C19H12Cl2N4O6. The van der Waals surface area contributed by atoms with Gasteiger partial charge in [-0.1, -0.05) is 23.2 Å². The second-order valence-corrected chi connectivity index (χ2v) is 7.30. The molecule has 2 aromatic carbocycles. The molecule has 10 nitrogen and oxygen atoms in total. The van der Waals surface area contributed by atoms with Gasteiger partial charge in [0.2, 0.25) is 5.69 Å². The zero-order valence-electron chi connectivity index (χ0n) is 15.4. The zero-order valence-corrected chi connectivity index (χ0v) is 17.0. The lowest BCUT2D eigenvalue weighted by Gasteiger charge is -2.18. The number of aromatic nitrogens is 3. The molecule has 4 rings (SSSR count). The van der Waals surface area contributed by atoms with Crippen LogP contribution in [0, 0.1) is 0 Å². The van der Waals surface area contributed by atoms with Crippen LogP contribution in [0.1, 0.15) is 26.4 Å². The van der Waals surface area contributed by atoms with Crippen LogP contribution in [0.3, 0.4) is 0 Å². The van der Waals surface area contributed by atoms with E-state index < -0.39 is 22.9 Å². The molecule has 0 radical (unpaired) electrons. The number of fused-ring (bicyclic) bond motifs is 1. The second-order valence-electron chi connectivity index (χ2n) is 6.49. The van der Waals surface area contributed by atoms with Crippen molar-refractivity contribution in [2.45, 2.75) is 6.42 Å². The van der Waals surface area contributed by atoms with Crippen molar-refractivity contribution in [1.29, 1.82) is 0 Å². The van der Waals surface area contributed by atoms with Gasteiger partial charge in [0.1, 0.15) is 5.75 Å². The lowest BCUT2D eigenvalue weighted by molar-refractivity contribution is 0.0685. The minimum atomic E-state index is -1.60. The number of halogens is 2. The molecule has 0 saturated heterocycles. The van der Waals surface area contributed by atoms with Crippen molar-refractivity contribution in [3.63, 3.8) is 0 Å². The van der Waals surface area contributed by atoms with E-state index in [4.69, 9.17) is 33.0 Å². The molecule has 0 saturated carbocycles. The van der Waals surface area contributed by atoms with Gasteiger partial charge in [0, 0.05) is 12.1 Å². The second kappa shape index (κ2) is 7.89. The van der Waals surface area contributed by atoms with Crippen LogP contribution in [0.15, 0.2) is 39.9 Å². The smallest absolute Gasteiger partial charge is 0.362 e. The minimum absolute atomic E-state index is 0.00902. The number of carboxylic acid groups (broad SMARTS) is 1. The van der Waals surface area contributed by atoms with Crippen LogP contribution in [0.25, 0.3) is 5.69 Å². The number of nitrogens with one attached hydrogen (secondary N) is 2. The standard InChI is InChI=1S/C19H12Cl2N4O6/c20-12-6-9(25-19(30)23-17(27)14(24-25)18(28)29)7-13(21)15(12)31-10-1-2-11-8(5-10)3-4-22-16(11)26/h1-2,5-7H,3-4H2,(H,22,26)(H,28,29)(H,23,27,30). The number of amides is 1. The van der Waals surface area contributed by atoms with E-state index in [1.165, 1.54) is 12.1 Å². The van der Waals surface area contributed by atoms with Crippen LogP contribution in [0.4, 0.5) is 0 Å². The Labute approximate surface area is 183 Å². The number of aromatic carboxylic acids is 1. The molecule has 1 aliphatic rings. The summed E-state index contributed by atoms with van der Waals surface area (Å²) in [6, 6.07) is 7.51. The van der Waals surface area contributed by atoms with Crippen molar-refractivity contribution in [2.75, 3.05) is 6.54 Å². The number of ether oxygens (including phenoxy) is 1. The van der Waals surface area contributed by atoms with E-state index in [1.54, 1.807) is 18.2 Å².